The van der Waals surface area contributed by atoms with Crippen molar-refractivity contribution < 1.29 is 18.3 Å². The van der Waals surface area contributed by atoms with Gasteiger partial charge in [-0.3, -0.25) is 4.72 Å². The summed E-state index contributed by atoms with van der Waals surface area (Å²) in [6.07, 6.45) is 1.26. The van der Waals surface area contributed by atoms with Crippen LogP contribution in [0.3, 0.4) is 0 Å². The molecule has 0 radical (unpaired) electrons. The number of halogens is 1. The van der Waals surface area contributed by atoms with E-state index in [2.05, 4.69) is 20.7 Å². The predicted octanol–water partition coefficient (Wildman–Crippen LogP) is 2.60. The van der Waals surface area contributed by atoms with Gasteiger partial charge in [0.1, 0.15) is 10.6 Å². The van der Waals surface area contributed by atoms with E-state index in [9.17, 15) is 13.2 Å². The van der Waals surface area contributed by atoms with Gasteiger partial charge >= 0.3 is 5.97 Å². The molecule has 1 heterocycles. The van der Waals surface area contributed by atoms with E-state index in [0.29, 0.717) is 5.69 Å². The standard InChI is InChI=1S/C13H13BrN2O4S/c1-8-5-9(3-4-11(8)14)15-21(19,20)10-6-12(13(17)18)16(2)7-10/h3-7,15H,1-2H3,(H,17,18). The molecule has 0 spiro atoms. The van der Waals surface area contributed by atoms with Crippen LogP contribution in [0, 0.1) is 6.92 Å². The van der Waals surface area contributed by atoms with Crippen LogP contribution in [0.2, 0.25) is 0 Å². The summed E-state index contributed by atoms with van der Waals surface area (Å²) in [5.74, 6) is -1.18. The van der Waals surface area contributed by atoms with E-state index >= 15 is 0 Å². The lowest BCUT2D eigenvalue weighted by atomic mass is 10.2. The van der Waals surface area contributed by atoms with Crippen LogP contribution in [0.15, 0.2) is 39.8 Å². The van der Waals surface area contributed by atoms with Crippen LogP contribution in [-0.4, -0.2) is 24.1 Å². The maximum atomic E-state index is 12.3. The Labute approximate surface area is 130 Å². The summed E-state index contributed by atoms with van der Waals surface area (Å²) < 4.78 is 29.1. The third-order valence-electron chi connectivity index (χ3n) is 2.92. The monoisotopic (exact) mass is 372 g/mol. The quantitative estimate of drug-likeness (QED) is 0.862. The summed E-state index contributed by atoms with van der Waals surface area (Å²) in [5.41, 5.74) is 1.20. The number of benzene rings is 1. The second-order valence-electron chi connectivity index (χ2n) is 4.55. The van der Waals surface area contributed by atoms with Gasteiger partial charge in [0.15, 0.2) is 0 Å². The fourth-order valence-corrected chi connectivity index (χ4v) is 3.18. The van der Waals surface area contributed by atoms with Gasteiger partial charge in [0.05, 0.1) is 0 Å². The number of nitrogens with zero attached hydrogens (tertiary/aromatic N) is 1. The SMILES string of the molecule is Cc1cc(NS(=O)(=O)c2cc(C(=O)O)n(C)c2)ccc1Br. The van der Waals surface area contributed by atoms with Crippen molar-refractivity contribution in [3.05, 3.63) is 46.2 Å². The number of aromatic nitrogens is 1. The third-order valence-corrected chi connectivity index (χ3v) is 5.16. The van der Waals surface area contributed by atoms with Crippen molar-refractivity contribution in [3.8, 4) is 0 Å². The van der Waals surface area contributed by atoms with Gasteiger partial charge in [-0.2, -0.15) is 0 Å². The Bertz CT molecular complexity index is 812. The molecule has 112 valence electrons. The number of aromatic carboxylic acids is 1. The molecule has 2 N–H and O–H groups in total. The average Bonchev–Trinajstić information content (AvgIpc) is 2.77. The van der Waals surface area contributed by atoms with Crippen LogP contribution in [0.5, 0.6) is 0 Å². The summed E-state index contributed by atoms with van der Waals surface area (Å²) in [5, 5.41) is 8.96. The van der Waals surface area contributed by atoms with Crippen molar-refractivity contribution in [1.29, 1.82) is 0 Å². The normalized spacial score (nSPS) is 11.4. The fourth-order valence-electron chi connectivity index (χ4n) is 1.82. The summed E-state index contributed by atoms with van der Waals surface area (Å²) in [7, 11) is -2.35. The van der Waals surface area contributed by atoms with Gasteiger partial charge in [0.25, 0.3) is 10.0 Å². The van der Waals surface area contributed by atoms with Crippen LogP contribution in [0.25, 0.3) is 0 Å². The number of carboxylic acid groups (broad SMARTS) is 1. The van der Waals surface area contributed by atoms with Gasteiger partial charge in [0, 0.05) is 23.4 Å². The summed E-state index contributed by atoms with van der Waals surface area (Å²) in [4.78, 5) is 10.9. The number of hydrogen-bond donors (Lipinski definition) is 2. The van der Waals surface area contributed by atoms with Crippen LogP contribution in [-0.2, 0) is 17.1 Å². The third kappa shape index (κ3) is 3.27. The number of rotatable bonds is 4. The van der Waals surface area contributed by atoms with E-state index in [1.54, 1.807) is 18.2 Å². The Morgan fingerprint density at radius 3 is 2.52 bits per heavy atom. The van der Waals surface area contributed by atoms with Crippen LogP contribution >= 0.6 is 15.9 Å². The fraction of sp³-hybridized carbons (Fsp3) is 0.154. The Morgan fingerprint density at radius 1 is 1.33 bits per heavy atom. The zero-order valence-corrected chi connectivity index (χ0v) is 13.7. The Hall–Kier alpha value is -1.80. The van der Waals surface area contributed by atoms with Crippen molar-refractivity contribution in [1.82, 2.24) is 4.57 Å². The highest BCUT2D eigenvalue weighted by Crippen LogP contribution is 2.23. The molecule has 0 amide bonds. The lowest BCUT2D eigenvalue weighted by molar-refractivity contribution is 0.0686. The molecule has 6 nitrogen and oxygen atoms in total. The zero-order valence-electron chi connectivity index (χ0n) is 11.3. The van der Waals surface area contributed by atoms with E-state index < -0.39 is 16.0 Å². The first kappa shape index (κ1) is 15.6. The van der Waals surface area contributed by atoms with Gasteiger partial charge in [0.2, 0.25) is 0 Å². The molecule has 2 aromatic rings. The smallest absolute Gasteiger partial charge is 0.352 e. The minimum Gasteiger partial charge on any atom is -0.477 e. The average molecular weight is 373 g/mol. The van der Waals surface area contributed by atoms with E-state index in [1.807, 2.05) is 6.92 Å². The summed E-state index contributed by atoms with van der Waals surface area (Å²) in [6.45, 7) is 1.84. The number of carboxylic acids is 1. The van der Waals surface area contributed by atoms with E-state index in [0.717, 1.165) is 16.1 Å². The number of sulfonamides is 1. The minimum absolute atomic E-state index is 0.0945. The number of carbonyl (C=O) groups is 1. The van der Waals surface area contributed by atoms with Crippen LogP contribution in [0.1, 0.15) is 16.1 Å². The first-order valence-corrected chi connectivity index (χ1v) is 8.17. The molecule has 1 aromatic carbocycles. The number of hydrogen-bond acceptors (Lipinski definition) is 3. The second-order valence-corrected chi connectivity index (χ2v) is 7.08. The molecule has 0 unspecified atom stereocenters. The summed E-state index contributed by atoms with van der Waals surface area (Å²) >= 11 is 3.34. The molecular formula is C13H13BrN2O4S. The number of aryl methyl sites for hydroxylation is 2. The highest BCUT2D eigenvalue weighted by atomic mass is 79.9. The lowest BCUT2D eigenvalue weighted by Gasteiger charge is -2.08. The maximum absolute atomic E-state index is 12.3. The molecule has 0 atom stereocenters. The number of anilines is 1. The van der Waals surface area contributed by atoms with Crippen molar-refractivity contribution >= 4 is 37.6 Å². The molecule has 0 aliphatic rings. The highest BCUT2D eigenvalue weighted by Gasteiger charge is 2.20. The van der Waals surface area contributed by atoms with Gasteiger partial charge in [-0.05, 0) is 36.8 Å². The summed E-state index contributed by atoms with van der Waals surface area (Å²) in [6, 6.07) is 6.16. The van der Waals surface area contributed by atoms with Crippen molar-refractivity contribution in [2.75, 3.05) is 4.72 Å². The van der Waals surface area contributed by atoms with Gasteiger partial charge in [-0.25, -0.2) is 13.2 Å². The van der Waals surface area contributed by atoms with E-state index in [4.69, 9.17) is 5.11 Å². The highest BCUT2D eigenvalue weighted by molar-refractivity contribution is 9.10. The molecule has 1 aromatic heterocycles. The Morgan fingerprint density at radius 2 is 2.00 bits per heavy atom. The molecule has 8 heteroatoms. The molecule has 2 rings (SSSR count). The molecule has 21 heavy (non-hydrogen) atoms. The first-order chi connectivity index (χ1) is 9.70. The van der Waals surface area contributed by atoms with Crippen LogP contribution in [0.4, 0.5) is 5.69 Å². The lowest BCUT2D eigenvalue weighted by Crippen LogP contribution is -2.12. The topological polar surface area (TPSA) is 88.4 Å². The van der Waals surface area contributed by atoms with Crippen molar-refractivity contribution in [2.45, 2.75) is 11.8 Å². The second kappa shape index (κ2) is 5.53. The van der Waals surface area contributed by atoms with Crippen LogP contribution < -0.4 is 4.72 Å². The predicted molar refractivity (Wildman–Crippen MR) is 82.1 cm³/mol. The zero-order chi connectivity index (χ0) is 15.8. The van der Waals surface area contributed by atoms with Gasteiger partial charge in [-0.1, -0.05) is 15.9 Å². The number of nitrogens with one attached hydrogen (secondary N) is 1. The first-order valence-electron chi connectivity index (χ1n) is 5.89. The minimum atomic E-state index is -3.83. The van der Waals surface area contributed by atoms with Crippen molar-refractivity contribution in [3.63, 3.8) is 0 Å². The Balaban J connectivity index is 2.36. The molecular weight excluding hydrogens is 360 g/mol. The largest absolute Gasteiger partial charge is 0.477 e. The van der Waals surface area contributed by atoms with E-state index in [-0.39, 0.29) is 10.6 Å². The maximum Gasteiger partial charge on any atom is 0.352 e. The molecule has 0 aliphatic heterocycles. The molecule has 0 fully saturated rings. The Kier molecular flexibility index (Phi) is 4.11. The molecule has 0 saturated heterocycles. The van der Waals surface area contributed by atoms with Crippen molar-refractivity contribution in [2.24, 2.45) is 7.05 Å². The van der Waals surface area contributed by atoms with Gasteiger partial charge < -0.3 is 9.67 Å². The molecule has 0 saturated carbocycles. The molecule has 0 bridgehead atoms. The molecule has 0 aliphatic carbocycles. The van der Waals surface area contributed by atoms with Gasteiger partial charge in [-0.15, -0.1) is 0 Å². The van der Waals surface area contributed by atoms with E-state index in [1.165, 1.54) is 17.8 Å².